The van der Waals surface area contributed by atoms with Gasteiger partial charge in [-0.3, -0.25) is 10.4 Å². The number of rotatable bonds is 3. The zero-order valence-corrected chi connectivity index (χ0v) is 11.1. The number of hydrogen-bond donors (Lipinski definition) is 1. The molecule has 0 fully saturated rings. The molecule has 0 aliphatic carbocycles. The molecule has 3 aromatic rings. The van der Waals surface area contributed by atoms with Gasteiger partial charge in [0.2, 0.25) is 0 Å². The molecule has 0 saturated carbocycles. The second-order valence-corrected chi connectivity index (χ2v) is 4.42. The van der Waals surface area contributed by atoms with Gasteiger partial charge in [-0.1, -0.05) is 30.3 Å². The molecule has 4 heteroatoms. The molecule has 0 saturated heterocycles. The lowest BCUT2D eigenvalue weighted by atomic mass is 10.2. The normalized spacial score (nSPS) is 11.6. The van der Waals surface area contributed by atoms with Crippen LogP contribution in [0.25, 0.3) is 11.0 Å². The standard InChI is InChI=1S/C16H14N4/c1-12(19-20-13-7-3-2-4-8-13)16-11-17-14-9-5-6-10-15(14)18-16/h2-11,20H,1H3/b19-12+. The van der Waals surface area contributed by atoms with Gasteiger partial charge >= 0.3 is 0 Å². The van der Waals surface area contributed by atoms with Crippen molar-refractivity contribution in [3.63, 3.8) is 0 Å². The number of hydrazone groups is 1. The van der Waals surface area contributed by atoms with E-state index in [-0.39, 0.29) is 0 Å². The van der Waals surface area contributed by atoms with Crippen molar-refractivity contribution in [1.82, 2.24) is 9.97 Å². The average molecular weight is 262 g/mol. The van der Waals surface area contributed by atoms with Crippen LogP contribution in [0.15, 0.2) is 65.9 Å². The maximum atomic E-state index is 4.55. The summed E-state index contributed by atoms with van der Waals surface area (Å²) in [5, 5.41) is 4.34. The molecular formula is C16H14N4. The van der Waals surface area contributed by atoms with Gasteiger partial charge in [-0.25, -0.2) is 4.98 Å². The number of aromatic nitrogens is 2. The van der Waals surface area contributed by atoms with Crippen LogP contribution in [-0.4, -0.2) is 15.7 Å². The minimum absolute atomic E-state index is 0.770. The van der Waals surface area contributed by atoms with Gasteiger partial charge < -0.3 is 0 Å². The van der Waals surface area contributed by atoms with Crippen LogP contribution in [0.4, 0.5) is 5.69 Å². The smallest absolute Gasteiger partial charge is 0.105 e. The predicted octanol–water partition coefficient (Wildman–Crippen LogP) is 3.47. The number of benzene rings is 2. The Bertz CT molecular complexity index is 751. The fourth-order valence-corrected chi connectivity index (χ4v) is 1.85. The molecule has 98 valence electrons. The van der Waals surface area contributed by atoms with Crippen molar-refractivity contribution < 1.29 is 0 Å². The molecule has 1 aromatic heterocycles. The fraction of sp³-hybridized carbons (Fsp3) is 0.0625. The predicted molar refractivity (Wildman–Crippen MR) is 81.8 cm³/mol. The summed E-state index contributed by atoms with van der Waals surface area (Å²) in [4.78, 5) is 8.94. The van der Waals surface area contributed by atoms with Crippen LogP contribution < -0.4 is 5.43 Å². The van der Waals surface area contributed by atoms with Crippen molar-refractivity contribution in [2.75, 3.05) is 5.43 Å². The highest BCUT2D eigenvalue weighted by atomic mass is 15.3. The van der Waals surface area contributed by atoms with E-state index in [4.69, 9.17) is 0 Å². The molecule has 0 radical (unpaired) electrons. The zero-order chi connectivity index (χ0) is 13.8. The topological polar surface area (TPSA) is 50.2 Å². The summed E-state index contributed by atoms with van der Waals surface area (Å²) < 4.78 is 0. The monoisotopic (exact) mass is 262 g/mol. The lowest BCUT2D eigenvalue weighted by molar-refractivity contribution is 1.23. The van der Waals surface area contributed by atoms with Gasteiger partial charge in [0.15, 0.2) is 0 Å². The van der Waals surface area contributed by atoms with Gasteiger partial charge in [-0.2, -0.15) is 5.10 Å². The zero-order valence-electron chi connectivity index (χ0n) is 11.1. The molecule has 0 aliphatic rings. The molecular weight excluding hydrogens is 248 g/mol. The summed E-state index contributed by atoms with van der Waals surface area (Å²) in [5.41, 5.74) is 7.29. The quantitative estimate of drug-likeness (QED) is 0.581. The first kappa shape index (κ1) is 12.3. The van der Waals surface area contributed by atoms with Gasteiger partial charge in [-0.15, -0.1) is 0 Å². The number of fused-ring (bicyclic) bond motifs is 1. The highest BCUT2D eigenvalue weighted by Crippen LogP contribution is 2.10. The Morgan fingerprint density at radius 2 is 1.65 bits per heavy atom. The summed E-state index contributed by atoms with van der Waals surface area (Å²) in [6.07, 6.45) is 1.74. The first-order valence-corrected chi connectivity index (χ1v) is 6.40. The van der Waals surface area contributed by atoms with Crippen LogP contribution >= 0.6 is 0 Å². The van der Waals surface area contributed by atoms with E-state index in [2.05, 4.69) is 20.5 Å². The van der Waals surface area contributed by atoms with E-state index in [1.54, 1.807) is 6.20 Å². The summed E-state index contributed by atoms with van der Waals surface area (Å²) in [6.45, 7) is 1.91. The van der Waals surface area contributed by atoms with Crippen LogP contribution in [0.2, 0.25) is 0 Å². The molecule has 0 unspecified atom stereocenters. The molecule has 0 atom stereocenters. The SMILES string of the molecule is C/C(=N\Nc1ccccc1)c1cnc2ccccc2n1. The molecule has 0 amide bonds. The van der Waals surface area contributed by atoms with E-state index in [9.17, 15) is 0 Å². The van der Waals surface area contributed by atoms with Crippen molar-refractivity contribution in [1.29, 1.82) is 0 Å². The fourth-order valence-electron chi connectivity index (χ4n) is 1.85. The van der Waals surface area contributed by atoms with E-state index >= 15 is 0 Å². The minimum Gasteiger partial charge on any atom is -0.278 e. The lowest BCUT2D eigenvalue weighted by Crippen LogP contribution is -2.03. The first-order valence-electron chi connectivity index (χ1n) is 6.40. The Balaban J connectivity index is 1.86. The average Bonchev–Trinajstić information content (AvgIpc) is 2.53. The van der Waals surface area contributed by atoms with Crippen LogP contribution in [0.3, 0.4) is 0 Å². The summed E-state index contributed by atoms with van der Waals surface area (Å²) in [7, 11) is 0. The highest BCUT2D eigenvalue weighted by Gasteiger charge is 2.02. The second-order valence-electron chi connectivity index (χ2n) is 4.42. The van der Waals surface area contributed by atoms with Crippen LogP contribution in [-0.2, 0) is 0 Å². The third-order valence-electron chi connectivity index (χ3n) is 2.95. The van der Waals surface area contributed by atoms with Gasteiger partial charge in [-0.05, 0) is 31.2 Å². The Hall–Kier alpha value is -2.75. The molecule has 1 N–H and O–H groups in total. The molecule has 4 nitrogen and oxygen atoms in total. The van der Waals surface area contributed by atoms with Gasteiger partial charge in [0.1, 0.15) is 5.69 Å². The molecule has 0 aliphatic heterocycles. The number of para-hydroxylation sites is 3. The Morgan fingerprint density at radius 1 is 0.950 bits per heavy atom. The molecule has 3 rings (SSSR count). The summed E-state index contributed by atoms with van der Waals surface area (Å²) in [6, 6.07) is 17.6. The Labute approximate surface area is 117 Å². The van der Waals surface area contributed by atoms with Gasteiger partial charge in [0, 0.05) is 0 Å². The van der Waals surface area contributed by atoms with E-state index in [1.807, 2.05) is 61.5 Å². The maximum absolute atomic E-state index is 4.55. The first-order chi connectivity index (χ1) is 9.83. The van der Waals surface area contributed by atoms with Crippen molar-refractivity contribution >= 4 is 22.4 Å². The summed E-state index contributed by atoms with van der Waals surface area (Å²) >= 11 is 0. The molecule has 2 aromatic carbocycles. The van der Waals surface area contributed by atoms with Crippen LogP contribution in [0.5, 0.6) is 0 Å². The number of nitrogens with zero attached hydrogens (tertiary/aromatic N) is 3. The van der Waals surface area contributed by atoms with Crippen LogP contribution in [0.1, 0.15) is 12.6 Å². The maximum Gasteiger partial charge on any atom is 0.105 e. The van der Waals surface area contributed by atoms with E-state index < -0.39 is 0 Å². The van der Waals surface area contributed by atoms with Crippen molar-refractivity contribution in [2.24, 2.45) is 5.10 Å². The van der Waals surface area contributed by atoms with Crippen molar-refractivity contribution in [2.45, 2.75) is 6.92 Å². The van der Waals surface area contributed by atoms with Gasteiger partial charge in [0.25, 0.3) is 0 Å². The van der Waals surface area contributed by atoms with Gasteiger partial charge in [0.05, 0.1) is 28.6 Å². The largest absolute Gasteiger partial charge is 0.278 e. The summed E-state index contributed by atoms with van der Waals surface area (Å²) in [5.74, 6) is 0. The van der Waals surface area contributed by atoms with Crippen LogP contribution in [0, 0.1) is 0 Å². The Kier molecular flexibility index (Phi) is 3.37. The number of nitrogens with one attached hydrogen (secondary N) is 1. The Morgan fingerprint density at radius 3 is 2.45 bits per heavy atom. The molecule has 0 spiro atoms. The molecule has 0 bridgehead atoms. The minimum atomic E-state index is 0.770. The van der Waals surface area contributed by atoms with E-state index in [0.29, 0.717) is 0 Å². The highest BCUT2D eigenvalue weighted by molar-refractivity contribution is 5.98. The number of anilines is 1. The third kappa shape index (κ3) is 2.64. The third-order valence-corrected chi connectivity index (χ3v) is 2.95. The molecule has 1 heterocycles. The number of hydrogen-bond acceptors (Lipinski definition) is 4. The van der Waals surface area contributed by atoms with Crippen molar-refractivity contribution in [3.8, 4) is 0 Å². The lowest BCUT2D eigenvalue weighted by Gasteiger charge is -2.03. The van der Waals surface area contributed by atoms with E-state index in [1.165, 1.54) is 0 Å². The van der Waals surface area contributed by atoms with E-state index in [0.717, 1.165) is 28.1 Å². The van der Waals surface area contributed by atoms with Crippen molar-refractivity contribution in [3.05, 3.63) is 66.5 Å². The second kappa shape index (κ2) is 5.48. The molecule has 20 heavy (non-hydrogen) atoms.